The van der Waals surface area contributed by atoms with Gasteiger partial charge in [-0.05, 0) is 36.0 Å². The van der Waals surface area contributed by atoms with Gasteiger partial charge < -0.3 is 5.32 Å². The molecule has 0 radical (unpaired) electrons. The van der Waals surface area contributed by atoms with Crippen molar-refractivity contribution in [2.45, 2.75) is 70.6 Å². The second-order valence-electron chi connectivity index (χ2n) is 5.51. The Kier molecular flexibility index (Phi) is 9.99. The van der Waals surface area contributed by atoms with Crippen molar-refractivity contribution in [2.24, 2.45) is 5.92 Å². The highest BCUT2D eigenvalue weighted by atomic mass is 127. The lowest BCUT2D eigenvalue weighted by Gasteiger charge is -2.13. The molecule has 1 rings (SSSR count). The van der Waals surface area contributed by atoms with E-state index in [1.807, 2.05) is 0 Å². The Bertz CT molecular complexity index is 213. The molecule has 3 heteroatoms. The summed E-state index contributed by atoms with van der Waals surface area (Å²) in [4.78, 5) is 11.8. The first kappa shape index (κ1) is 16.3. The molecule has 1 fully saturated rings. The molecule has 0 atom stereocenters. The lowest BCUT2D eigenvalue weighted by atomic mass is 9.96. The molecule has 0 bridgehead atoms. The molecule has 2 nitrogen and oxygen atoms in total. The summed E-state index contributed by atoms with van der Waals surface area (Å²) in [5, 5.41) is 3.09. The molecular weight excluding hydrogens is 337 g/mol. The molecule has 0 unspecified atom stereocenters. The minimum atomic E-state index is 0.288. The highest BCUT2D eigenvalue weighted by Crippen LogP contribution is 2.25. The van der Waals surface area contributed by atoms with Crippen LogP contribution in [0.3, 0.4) is 0 Å². The van der Waals surface area contributed by atoms with Crippen molar-refractivity contribution in [3.05, 3.63) is 0 Å². The zero-order chi connectivity index (χ0) is 13.1. The number of alkyl halides is 1. The SMILES string of the molecule is O=C(CC1CCCCCC1)NCCCCCCI. The van der Waals surface area contributed by atoms with Crippen molar-refractivity contribution < 1.29 is 4.79 Å². The van der Waals surface area contributed by atoms with E-state index < -0.39 is 0 Å². The van der Waals surface area contributed by atoms with E-state index in [2.05, 4.69) is 27.9 Å². The van der Waals surface area contributed by atoms with Crippen LogP contribution in [0.2, 0.25) is 0 Å². The van der Waals surface area contributed by atoms with Gasteiger partial charge in [0.05, 0.1) is 0 Å². The molecule has 1 N–H and O–H groups in total. The van der Waals surface area contributed by atoms with E-state index in [4.69, 9.17) is 0 Å². The molecule has 0 aromatic heterocycles. The van der Waals surface area contributed by atoms with E-state index in [1.165, 1.54) is 62.2 Å². The third-order valence-electron chi connectivity index (χ3n) is 3.83. The molecule has 106 valence electrons. The van der Waals surface area contributed by atoms with Gasteiger partial charge in [0, 0.05) is 13.0 Å². The number of unbranched alkanes of at least 4 members (excludes halogenated alkanes) is 3. The molecule has 0 saturated heterocycles. The van der Waals surface area contributed by atoms with Gasteiger partial charge in [0.15, 0.2) is 0 Å². The van der Waals surface area contributed by atoms with E-state index in [1.54, 1.807) is 0 Å². The Morgan fingerprint density at radius 2 is 1.67 bits per heavy atom. The number of rotatable bonds is 8. The molecular formula is C15H28INO. The molecule has 0 aliphatic heterocycles. The minimum Gasteiger partial charge on any atom is -0.356 e. The fourth-order valence-electron chi connectivity index (χ4n) is 2.70. The fourth-order valence-corrected chi connectivity index (χ4v) is 3.24. The molecule has 0 aromatic carbocycles. The Hall–Kier alpha value is 0.200. The standard InChI is InChI=1S/C15H28INO/c16-11-7-3-4-8-12-17-15(18)13-14-9-5-1-2-6-10-14/h14H,1-13H2,(H,17,18). The zero-order valence-electron chi connectivity index (χ0n) is 11.6. The summed E-state index contributed by atoms with van der Waals surface area (Å²) >= 11 is 2.42. The van der Waals surface area contributed by atoms with Crippen LogP contribution in [0.5, 0.6) is 0 Å². The van der Waals surface area contributed by atoms with E-state index in [9.17, 15) is 4.79 Å². The van der Waals surface area contributed by atoms with Gasteiger partial charge in [-0.2, -0.15) is 0 Å². The van der Waals surface area contributed by atoms with Gasteiger partial charge in [-0.15, -0.1) is 0 Å². The van der Waals surface area contributed by atoms with Gasteiger partial charge in [-0.3, -0.25) is 4.79 Å². The van der Waals surface area contributed by atoms with Gasteiger partial charge in [-0.1, -0.05) is 61.1 Å². The molecule has 0 heterocycles. The summed E-state index contributed by atoms with van der Waals surface area (Å²) in [5.74, 6) is 0.947. The van der Waals surface area contributed by atoms with Crippen molar-refractivity contribution in [2.75, 3.05) is 11.0 Å². The molecule has 1 aliphatic rings. The molecule has 0 spiro atoms. The molecule has 1 aliphatic carbocycles. The van der Waals surface area contributed by atoms with Crippen molar-refractivity contribution in [3.8, 4) is 0 Å². The largest absolute Gasteiger partial charge is 0.356 e. The fraction of sp³-hybridized carbons (Fsp3) is 0.933. The average molecular weight is 365 g/mol. The molecule has 1 amide bonds. The number of hydrogen-bond acceptors (Lipinski definition) is 1. The maximum Gasteiger partial charge on any atom is 0.220 e. The lowest BCUT2D eigenvalue weighted by molar-refractivity contribution is -0.122. The number of nitrogens with one attached hydrogen (secondary N) is 1. The van der Waals surface area contributed by atoms with Crippen molar-refractivity contribution >= 4 is 28.5 Å². The molecule has 18 heavy (non-hydrogen) atoms. The minimum absolute atomic E-state index is 0.288. The van der Waals surface area contributed by atoms with Crippen LogP contribution in [0.4, 0.5) is 0 Å². The van der Waals surface area contributed by atoms with Crippen LogP contribution in [0, 0.1) is 5.92 Å². The maximum absolute atomic E-state index is 11.8. The monoisotopic (exact) mass is 365 g/mol. The van der Waals surface area contributed by atoms with E-state index >= 15 is 0 Å². The van der Waals surface area contributed by atoms with Gasteiger partial charge in [-0.25, -0.2) is 0 Å². The predicted octanol–water partition coefficient (Wildman–Crippen LogP) is 4.46. The summed E-state index contributed by atoms with van der Waals surface area (Å²) < 4.78 is 1.26. The third-order valence-corrected chi connectivity index (χ3v) is 4.59. The number of halogens is 1. The quantitative estimate of drug-likeness (QED) is 0.293. The van der Waals surface area contributed by atoms with E-state index in [-0.39, 0.29) is 5.91 Å². The zero-order valence-corrected chi connectivity index (χ0v) is 13.7. The summed E-state index contributed by atoms with van der Waals surface area (Å²) in [5.41, 5.74) is 0. The average Bonchev–Trinajstić information content (AvgIpc) is 2.62. The smallest absolute Gasteiger partial charge is 0.220 e. The van der Waals surface area contributed by atoms with Crippen molar-refractivity contribution in [1.29, 1.82) is 0 Å². The molecule has 1 saturated carbocycles. The van der Waals surface area contributed by atoms with Crippen LogP contribution in [0.1, 0.15) is 70.6 Å². The van der Waals surface area contributed by atoms with Crippen LogP contribution >= 0.6 is 22.6 Å². The number of carbonyl (C=O) groups excluding carboxylic acids is 1. The summed E-state index contributed by atoms with van der Waals surface area (Å²) in [6.07, 6.45) is 13.7. The van der Waals surface area contributed by atoms with Crippen molar-refractivity contribution in [1.82, 2.24) is 5.32 Å². The summed E-state index contributed by atoms with van der Waals surface area (Å²) in [7, 11) is 0. The number of hydrogen-bond donors (Lipinski definition) is 1. The second kappa shape index (κ2) is 11.1. The third kappa shape index (κ3) is 8.33. The first-order valence-electron chi connectivity index (χ1n) is 7.65. The first-order valence-corrected chi connectivity index (χ1v) is 9.18. The highest BCUT2D eigenvalue weighted by Gasteiger charge is 2.15. The Labute approximate surface area is 126 Å². The van der Waals surface area contributed by atoms with Gasteiger partial charge in [0.2, 0.25) is 5.91 Å². The van der Waals surface area contributed by atoms with Crippen LogP contribution in [0.15, 0.2) is 0 Å². The number of carbonyl (C=O) groups is 1. The van der Waals surface area contributed by atoms with Gasteiger partial charge in [0.1, 0.15) is 0 Å². The Morgan fingerprint density at radius 3 is 2.33 bits per heavy atom. The van der Waals surface area contributed by atoms with Gasteiger partial charge >= 0.3 is 0 Å². The van der Waals surface area contributed by atoms with Crippen LogP contribution < -0.4 is 5.32 Å². The Balaban J connectivity index is 1.98. The molecule has 0 aromatic rings. The van der Waals surface area contributed by atoms with E-state index in [0.29, 0.717) is 5.92 Å². The van der Waals surface area contributed by atoms with Gasteiger partial charge in [0.25, 0.3) is 0 Å². The number of amides is 1. The normalized spacial score (nSPS) is 17.4. The summed E-state index contributed by atoms with van der Waals surface area (Å²) in [6.45, 7) is 0.882. The van der Waals surface area contributed by atoms with Crippen LogP contribution in [0.25, 0.3) is 0 Å². The van der Waals surface area contributed by atoms with Crippen LogP contribution in [-0.4, -0.2) is 16.9 Å². The maximum atomic E-state index is 11.8. The summed E-state index contributed by atoms with van der Waals surface area (Å²) in [6, 6.07) is 0. The van der Waals surface area contributed by atoms with Crippen molar-refractivity contribution in [3.63, 3.8) is 0 Å². The highest BCUT2D eigenvalue weighted by molar-refractivity contribution is 14.1. The first-order chi connectivity index (χ1) is 8.83. The topological polar surface area (TPSA) is 29.1 Å². The van der Waals surface area contributed by atoms with E-state index in [0.717, 1.165) is 19.4 Å². The Morgan fingerprint density at radius 1 is 1.00 bits per heavy atom. The predicted molar refractivity (Wildman–Crippen MR) is 86.2 cm³/mol. The van der Waals surface area contributed by atoms with Crippen LogP contribution in [-0.2, 0) is 4.79 Å². The lowest BCUT2D eigenvalue weighted by Crippen LogP contribution is -2.26. The second-order valence-corrected chi connectivity index (χ2v) is 6.59.